The molecule has 4 heterocycles. The minimum Gasteiger partial charge on any atom is -0.359 e. The zero-order valence-corrected chi connectivity index (χ0v) is 21.4. The number of hydrogen-bond acceptors (Lipinski definition) is 5. The number of aromatic amines is 1. The summed E-state index contributed by atoms with van der Waals surface area (Å²) >= 11 is 1.66. The maximum atomic E-state index is 12.9. The average Bonchev–Trinajstić information content (AvgIpc) is 3.58. The first-order valence-corrected chi connectivity index (χ1v) is 13.4. The van der Waals surface area contributed by atoms with E-state index in [0.29, 0.717) is 11.7 Å². The molecule has 1 saturated carbocycles. The smallest absolute Gasteiger partial charge is 0.287 e. The van der Waals surface area contributed by atoms with Gasteiger partial charge in [0.1, 0.15) is 0 Å². The van der Waals surface area contributed by atoms with Crippen molar-refractivity contribution < 1.29 is 4.79 Å². The predicted molar refractivity (Wildman–Crippen MR) is 147 cm³/mol. The quantitative estimate of drug-likeness (QED) is 0.248. The van der Waals surface area contributed by atoms with Gasteiger partial charge in [0, 0.05) is 42.1 Å². The Morgan fingerprint density at radius 2 is 2.00 bits per heavy atom. The molecule has 1 aliphatic rings. The average molecular weight is 499 g/mol. The molecule has 0 aliphatic heterocycles. The van der Waals surface area contributed by atoms with E-state index in [1.807, 2.05) is 23.9 Å². The number of H-pyrrole nitrogens is 1. The minimum absolute atomic E-state index is 0.105. The lowest BCUT2D eigenvalue weighted by atomic mass is 9.89. The van der Waals surface area contributed by atoms with Crippen LogP contribution in [0.4, 0.5) is 11.4 Å². The normalized spacial score (nSPS) is 14.5. The second kappa shape index (κ2) is 9.43. The van der Waals surface area contributed by atoms with Crippen molar-refractivity contribution in [1.82, 2.24) is 24.8 Å². The maximum Gasteiger partial charge on any atom is 0.287 e. The van der Waals surface area contributed by atoms with Crippen molar-refractivity contribution in [3.63, 3.8) is 0 Å². The number of amides is 1. The fraction of sp³-hybridized carbons (Fsp3) is 0.321. The number of aromatic nitrogens is 4. The number of hydrogen-bond donors (Lipinski definition) is 3. The standard InChI is InChI=1S/C28H30N6OS/c1-17-12-19-13-20(8-9-21(19)32-17)33-22-10-11-29-23-14-25(36-26(22)23)24-16-30-27(34(24)2)28(35)31-15-18-6-4-3-5-7-18/h8-14,16,18,32H,3-7,15H2,1-2H3,(H,29,33)(H,31,35). The summed E-state index contributed by atoms with van der Waals surface area (Å²) in [5, 5.41) is 7.86. The summed E-state index contributed by atoms with van der Waals surface area (Å²) in [5.41, 5.74) is 6.15. The summed E-state index contributed by atoms with van der Waals surface area (Å²) in [5.74, 6) is 0.926. The lowest BCUT2D eigenvalue weighted by Gasteiger charge is -2.21. The van der Waals surface area contributed by atoms with Crippen LogP contribution in [-0.4, -0.2) is 32.0 Å². The van der Waals surface area contributed by atoms with E-state index in [4.69, 9.17) is 0 Å². The van der Waals surface area contributed by atoms with Crippen molar-refractivity contribution in [2.24, 2.45) is 13.0 Å². The highest BCUT2D eigenvalue weighted by atomic mass is 32.1. The molecule has 0 spiro atoms. The number of rotatable bonds is 6. The Bertz CT molecular complexity index is 1560. The number of carbonyl (C=O) groups is 1. The Morgan fingerprint density at radius 3 is 2.86 bits per heavy atom. The van der Waals surface area contributed by atoms with Gasteiger partial charge in [0.25, 0.3) is 5.91 Å². The number of nitrogens with zero attached hydrogens (tertiary/aromatic N) is 3. The highest BCUT2D eigenvalue weighted by molar-refractivity contribution is 7.22. The molecule has 1 amide bonds. The third-order valence-electron chi connectivity index (χ3n) is 7.17. The van der Waals surface area contributed by atoms with Crippen LogP contribution in [0.25, 0.3) is 31.7 Å². The summed E-state index contributed by atoms with van der Waals surface area (Å²) in [4.78, 5) is 26.3. The van der Waals surface area contributed by atoms with Crippen LogP contribution >= 0.6 is 11.3 Å². The van der Waals surface area contributed by atoms with Crippen LogP contribution in [-0.2, 0) is 7.05 Å². The third-order valence-corrected chi connectivity index (χ3v) is 8.35. The van der Waals surface area contributed by atoms with Gasteiger partial charge in [-0.1, -0.05) is 19.3 Å². The van der Waals surface area contributed by atoms with Crippen molar-refractivity contribution >= 4 is 49.7 Å². The van der Waals surface area contributed by atoms with Crippen molar-refractivity contribution in [2.45, 2.75) is 39.0 Å². The molecule has 8 heteroatoms. The molecule has 1 aliphatic carbocycles. The van der Waals surface area contributed by atoms with Crippen molar-refractivity contribution in [3.8, 4) is 10.6 Å². The Morgan fingerprint density at radius 1 is 1.14 bits per heavy atom. The van der Waals surface area contributed by atoms with Crippen LogP contribution in [0.15, 0.2) is 48.8 Å². The first kappa shape index (κ1) is 22.8. The number of aryl methyl sites for hydroxylation is 1. The molecule has 5 aromatic rings. The van der Waals surface area contributed by atoms with Gasteiger partial charge in [-0.2, -0.15) is 0 Å². The molecule has 184 valence electrons. The van der Waals surface area contributed by atoms with Gasteiger partial charge >= 0.3 is 0 Å². The van der Waals surface area contributed by atoms with Gasteiger partial charge in [0.2, 0.25) is 0 Å². The van der Waals surface area contributed by atoms with E-state index >= 15 is 0 Å². The Kier molecular flexibility index (Phi) is 5.97. The zero-order valence-electron chi connectivity index (χ0n) is 20.6. The Labute approximate surface area is 214 Å². The van der Waals surface area contributed by atoms with E-state index < -0.39 is 0 Å². The van der Waals surface area contributed by atoms with Gasteiger partial charge < -0.3 is 20.2 Å². The first-order valence-electron chi connectivity index (χ1n) is 12.6. The first-order chi connectivity index (χ1) is 17.5. The molecule has 1 aromatic carbocycles. The Hall–Kier alpha value is -3.65. The van der Waals surface area contributed by atoms with Crippen LogP contribution < -0.4 is 10.6 Å². The maximum absolute atomic E-state index is 12.9. The number of pyridine rings is 1. The van der Waals surface area contributed by atoms with E-state index in [2.05, 4.69) is 62.8 Å². The topological polar surface area (TPSA) is 87.6 Å². The number of carbonyl (C=O) groups excluding carboxylic acids is 1. The summed E-state index contributed by atoms with van der Waals surface area (Å²) in [6.07, 6.45) is 9.87. The predicted octanol–water partition coefficient (Wildman–Crippen LogP) is 6.54. The Balaban J connectivity index is 1.24. The second-order valence-electron chi connectivity index (χ2n) is 9.80. The monoisotopic (exact) mass is 498 g/mol. The van der Waals surface area contributed by atoms with Gasteiger partial charge in [0.15, 0.2) is 5.82 Å². The summed E-state index contributed by atoms with van der Waals surface area (Å²) < 4.78 is 2.96. The van der Waals surface area contributed by atoms with E-state index in [-0.39, 0.29) is 5.91 Å². The molecular formula is C28H30N6OS. The van der Waals surface area contributed by atoms with Gasteiger partial charge in [-0.15, -0.1) is 11.3 Å². The van der Waals surface area contributed by atoms with Crippen molar-refractivity contribution in [1.29, 1.82) is 0 Å². The third kappa shape index (κ3) is 4.37. The van der Waals surface area contributed by atoms with Gasteiger partial charge in [0.05, 0.1) is 32.7 Å². The van der Waals surface area contributed by atoms with E-state index in [0.717, 1.165) is 49.9 Å². The van der Waals surface area contributed by atoms with Crippen LogP contribution in [0, 0.1) is 12.8 Å². The van der Waals surface area contributed by atoms with Crippen molar-refractivity contribution in [2.75, 3.05) is 11.9 Å². The van der Waals surface area contributed by atoms with Crippen LogP contribution in [0.5, 0.6) is 0 Å². The largest absolute Gasteiger partial charge is 0.359 e. The van der Waals surface area contributed by atoms with Crippen molar-refractivity contribution in [3.05, 3.63) is 60.3 Å². The number of thiophene rings is 1. The van der Waals surface area contributed by atoms with E-state index in [9.17, 15) is 4.79 Å². The van der Waals surface area contributed by atoms with E-state index in [1.54, 1.807) is 17.5 Å². The number of nitrogens with one attached hydrogen (secondary N) is 3. The summed E-state index contributed by atoms with van der Waals surface area (Å²) in [6.45, 7) is 2.80. The molecule has 3 N–H and O–H groups in total. The minimum atomic E-state index is -0.105. The van der Waals surface area contributed by atoms with Gasteiger partial charge in [-0.05, 0) is 62.1 Å². The molecule has 1 fully saturated rings. The van der Waals surface area contributed by atoms with Crippen LogP contribution in [0.2, 0.25) is 0 Å². The lowest BCUT2D eigenvalue weighted by molar-refractivity contribution is 0.0930. The molecular weight excluding hydrogens is 468 g/mol. The lowest BCUT2D eigenvalue weighted by Crippen LogP contribution is -2.31. The molecule has 0 radical (unpaired) electrons. The summed E-state index contributed by atoms with van der Waals surface area (Å²) in [6, 6.07) is 12.6. The van der Waals surface area contributed by atoms with Crippen LogP contribution in [0.1, 0.15) is 48.4 Å². The molecule has 0 atom stereocenters. The number of anilines is 2. The zero-order chi connectivity index (χ0) is 24.6. The van der Waals surface area contributed by atoms with Crippen LogP contribution in [0.3, 0.4) is 0 Å². The molecule has 6 rings (SSSR count). The molecule has 0 bridgehead atoms. The molecule has 0 unspecified atom stereocenters. The molecule has 0 saturated heterocycles. The van der Waals surface area contributed by atoms with E-state index in [1.165, 1.54) is 37.5 Å². The highest BCUT2D eigenvalue weighted by Gasteiger charge is 2.20. The second-order valence-corrected chi connectivity index (χ2v) is 10.9. The van der Waals surface area contributed by atoms with Gasteiger partial charge in [-0.25, -0.2) is 4.98 Å². The summed E-state index contributed by atoms with van der Waals surface area (Å²) in [7, 11) is 1.91. The molecule has 4 aromatic heterocycles. The molecule has 36 heavy (non-hydrogen) atoms. The number of imidazole rings is 1. The number of fused-ring (bicyclic) bond motifs is 2. The fourth-order valence-electron chi connectivity index (χ4n) is 5.23. The highest BCUT2D eigenvalue weighted by Crippen LogP contribution is 2.38. The molecule has 7 nitrogen and oxygen atoms in total. The van der Waals surface area contributed by atoms with Gasteiger partial charge in [-0.3, -0.25) is 9.78 Å². The fourth-order valence-corrected chi connectivity index (χ4v) is 6.36. The SMILES string of the molecule is Cc1cc2cc(Nc3ccnc4cc(-c5cnc(C(=O)NCC6CCCCC6)n5C)sc34)ccc2[nH]1. The number of benzene rings is 1.